The number of nitrogens with zero attached hydrogens (tertiary/aromatic N) is 1. The monoisotopic (exact) mass is 222 g/mol. The molecule has 0 atom stereocenters. The molecule has 66 valence electrons. The van der Waals surface area contributed by atoms with Crippen LogP contribution in [0, 0.1) is 3.95 Å². The van der Waals surface area contributed by atoms with Gasteiger partial charge in [-0.25, -0.2) is 4.79 Å². The second kappa shape index (κ2) is 4.48. The van der Waals surface area contributed by atoms with Crippen LogP contribution in [0.2, 0.25) is 0 Å². The Morgan fingerprint density at radius 1 is 1.75 bits per heavy atom. The van der Waals surface area contributed by atoms with E-state index in [2.05, 4.69) is 15.0 Å². The standard InChI is InChI=1S/C5H6N2O2S3/c1-2-9-4(8)6-3-7-5(10)12-11-3/h2H2,1H3,(H,6,7,8,10). The Hall–Kier alpha value is -0.530. The van der Waals surface area contributed by atoms with Crippen LogP contribution in [-0.2, 0) is 4.74 Å². The first-order valence-electron chi connectivity index (χ1n) is 3.13. The summed E-state index contributed by atoms with van der Waals surface area (Å²) in [5.41, 5.74) is 0. The van der Waals surface area contributed by atoms with Crippen molar-refractivity contribution >= 4 is 44.1 Å². The number of aromatic nitrogens is 1. The number of rotatable bonds is 2. The fourth-order valence-electron chi connectivity index (χ4n) is 0.499. The summed E-state index contributed by atoms with van der Waals surface area (Å²) in [5.74, 6) is 0. The predicted octanol–water partition coefficient (Wildman–Crippen LogP) is 2.50. The van der Waals surface area contributed by atoms with Gasteiger partial charge >= 0.3 is 6.09 Å². The lowest BCUT2D eigenvalue weighted by Crippen LogP contribution is -2.12. The second-order valence-corrected chi connectivity index (χ2v) is 4.45. The largest absolute Gasteiger partial charge is 0.450 e. The molecule has 1 heterocycles. The fraction of sp³-hybridized carbons (Fsp3) is 0.400. The van der Waals surface area contributed by atoms with Crippen LogP contribution in [0.1, 0.15) is 6.92 Å². The first kappa shape index (κ1) is 9.56. The minimum absolute atomic E-state index is 0.349. The Morgan fingerprint density at radius 2 is 2.50 bits per heavy atom. The van der Waals surface area contributed by atoms with Crippen molar-refractivity contribution < 1.29 is 9.53 Å². The van der Waals surface area contributed by atoms with E-state index in [0.717, 1.165) is 0 Å². The Labute approximate surface area is 81.6 Å². The van der Waals surface area contributed by atoms with E-state index in [1.807, 2.05) is 0 Å². The molecular weight excluding hydrogens is 216 g/mol. The molecule has 0 aliphatic carbocycles. The minimum atomic E-state index is -0.492. The van der Waals surface area contributed by atoms with E-state index < -0.39 is 6.09 Å². The van der Waals surface area contributed by atoms with Crippen molar-refractivity contribution in [2.75, 3.05) is 11.9 Å². The van der Waals surface area contributed by atoms with E-state index in [0.29, 0.717) is 15.7 Å². The zero-order chi connectivity index (χ0) is 8.97. The molecule has 4 nitrogen and oxygen atoms in total. The molecule has 1 amide bonds. The van der Waals surface area contributed by atoms with Crippen molar-refractivity contribution in [3.8, 4) is 0 Å². The lowest BCUT2D eigenvalue weighted by Gasteiger charge is -1.99. The summed E-state index contributed by atoms with van der Waals surface area (Å²) in [5, 5.41) is 2.94. The molecule has 0 aliphatic heterocycles. The van der Waals surface area contributed by atoms with Gasteiger partial charge in [0.2, 0.25) is 5.13 Å². The van der Waals surface area contributed by atoms with E-state index in [-0.39, 0.29) is 0 Å². The van der Waals surface area contributed by atoms with Crippen LogP contribution < -0.4 is 5.32 Å². The van der Waals surface area contributed by atoms with E-state index in [4.69, 9.17) is 12.2 Å². The molecule has 1 aromatic rings. The molecule has 0 aromatic carbocycles. The quantitative estimate of drug-likeness (QED) is 0.617. The molecule has 0 unspecified atom stereocenters. The highest BCUT2D eigenvalue weighted by Gasteiger charge is 2.03. The van der Waals surface area contributed by atoms with Crippen LogP contribution in [0.15, 0.2) is 0 Å². The summed E-state index contributed by atoms with van der Waals surface area (Å²) in [6, 6.07) is 0. The molecule has 1 aromatic heterocycles. The van der Waals surface area contributed by atoms with Crippen LogP contribution in [0.5, 0.6) is 0 Å². The molecule has 0 radical (unpaired) electrons. The molecular formula is C5H6N2O2S3. The molecule has 0 fully saturated rings. The zero-order valence-corrected chi connectivity index (χ0v) is 8.65. The molecule has 12 heavy (non-hydrogen) atoms. The fourth-order valence-corrected chi connectivity index (χ4v) is 2.34. The summed E-state index contributed by atoms with van der Waals surface area (Å²) in [4.78, 5) is 14.7. The molecule has 7 heteroatoms. The maximum atomic E-state index is 10.8. The summed E-state index contributed by atoms with van der Waals surface area (Å²) >= 11 is 4.78. The highest BCUT2D eigenvalue weighted by Crippen LogP contribution is 2.18. The minimum Gasteiger partial charge on any atom is -0.450 e. The number of carbonyl (C=O) groups is 1. The van der Waals surface area contributed by atoms with Crippen molar-refractivity contribution in [2.45, 2.75) is 6.92 Å². The first-order valence-corrected chi connectivity index (χ1v) is 5.69. The molecule has 0 saturated carbocycles. The number of amides is 1. The van der Waals surface area contributed by atoms with E-state index in [1.54, 1.807) is 6.92 Å². The Bertz CT molecular complexity index is 318. The van der Waals surface area contributed by atoms with Gasteiger partial charge in [-0.2, -0.15) is 4.98 Å². The van der Waals surface area contributed by atoms with Crippen LogP contribution in [0.4, 0.5) is 9.93 Å². The number of carbonyl (C=O) groups excluding carboxylic acids is 1. The number of ether oxygens (including phenoxy) is 1. The predicted molar refractivity (Wildman–Crippen MR) is 51.5 cm³/mol. The van der Waals surface area contributed by atoms with Gasteiger partial charge in [0.1, 0.15) is 0 Å². The van der Waals surface area contributed by atoms with Gasteiger partial charge in [0.05, 0.1) is 6.61 Å². The maximum Gasteiger partial charge on any atom is 0.413 e. The van der Waals surface area contributed by atoms with Crippen LogP contribution in [-0.4, -0.2) is 17.7 Å². The van der Waals surface area contributed by atoms with Gasteiger partial charge in [0.15, 0.2) is 3.95 Å². The highest BCUT2D eigenvalue weighted by atomic mass is 32.9. The maximum absolute atomic E-state index is 10.8. The lowest BCUT2D eigenvalue weighted by atomic mass is 10.9. The molecule has 1 rings (SSSR count). The molecule has 0 spiro atoms. The third-order valence-corrected chi connectivity index (χ3v) is 3.39. The van der Waals surface area contributed by atoms with Gasteiger partial charge in [-0.1, -0.05) is 0 Å². The van der Waals surface area contributed by atoms with Gasteiger partial charge in [-0.05, 0) is 39.8 Å². The summed E-state index contributed by atoms with van der Waals surface area (Å²) in [6.07, 6.45) is -0.492. The average molecular weight is 222 g/mol. The smallest absolute Gasteiger partial charge is 0.413 e. The lowest BCUT2D eigenvalue weighted by molar-refractivity contribution is 0.168. The average Bonchev–Trinajstić information content (AvgIpc) is 2.36. The number of nitrogens with one attached hydrogen (secondary N) is 1. The van der Waals surface area contributed by atoms with Crippen molar-refractivity contribution in [2.24, 2.45) is 0 Å². The molecule has 0 saturated heterocycles. The van der Waals surface area contributed by atoms with Gasteiger partial charge in [-0.15, -0.1) is 0 Å². The third-order valence-electron chi connectivity index (χ3n) is 0.869. The molecule has 0 bridgehead atoms. The number of hydrogen-bond donors (Lipinski definition) is 1. The highest BCUT2D eigenvalue weighted by molar-refractivity contribution is 7.79. The van der Waals surface area contributed by atoms with Crippen LogP contribution in [0.25, 0.3) is 0 Å². The third kappa shape index (κ3) is 2.84. The summed E-state index contributed by atoms with van der Waals surface area (Å²) in [6.45, 7) is 2.09. The number of anilines is 1. The molecule has 0 aliphatic rings. The van der Waals surface area contributed by atoms with Crippen molar-refractivity contribution in [1.82, 2.24) is 4.98 Å². The van der Waals surface area contributed by atoms with E-state index in [1.165, 1.54) is 20.7 Å². The Morgan fingerprint density at radius 3 is 3.00 bits per heavy atom. The molecule has 1 N–H and O–H groups in total. The Kier molecular flexibility index (Phi) is 3.57. The number of hydrogen-bond acceptors (Lipinski definition) is 6. The van der Waals surface area contributed by atoms with Gasteiger partial charge in [0.25, 0.3) is 0 Å². The van der Waals surface area contributed by atoms with Crippen molar-refractivity contribution in [1.29, 1.82) is 0 Å². The van der Waals surface area contributed by atoms with Crippen molar-refractivity contribution in [3.63, 3.8) is 0 Å². The first-order chi connectivity index (χ1) is 5.72. The van der Waals surface area contributed by atoms with E-state index in [9.17, 15) is 4.79 Å². The second-order valence-electron chi connectivity index (χ2n) is 1.70. The van der Waals surface area contributed by atoms with Gasteiger partial charge in [0, 0.05) is 0 Å². The van der Waals surface area contributed by atoms with Crippen LogP contribution >= 0.6 is 32.9 Å². The van der Waals surface area contributed by atoms with E-state index >= 15 is 0 Å². The normalized spacial score (nSPS) is 9.42. The summed E-state index contributed by atoms with van der Waals surface area (Å²) < 4.78 is 5.16. The SMILES string of the molecule is CCOC(=O)Nc1nc(=S)ss1. The van der Waals surface area contributed by atoms with Crippen molar-refractivity contribution in [3.05, 3.63) is 3.95 Å². The van der Waals surface area contributed by atoms with Crippen LogP contribution in [0.3, 0.4) is 0 Å². The topological polar surface area (TPSA) is 51.2 Å². The van der Waals surface area contributed by atoms with Gasteiger partial charge < -0.3 is 4.74 Å². The van der Waals surface area contributed by atoms with Gasteiger partial charge in [-0.3, -0.25) is 5.32 Å². The zero-order valence-electron chi connectivity index (χ0n) is 6.20. The Balaban J connectivity index is 2.52. The summed E-state index contributed by atoms with van der Waals surface area (Å²) in [7, 11) is 2.66.